The van der Waals surface area contributed by atoms with Gasteiger partial charge in [0, 0.05) is 32.6 Å². The Kier molecular flexibility index (Phi) is 7.29. The summed E-state index contributed by atoms with van der Waals surface area (Å²) in [4.78, 5) is 40.1. The molecule has 1 aliphatic carbocycles. The smallest absolute Gasteiger partial charge is 0.408 e. The van der Waals surface area contributed by atoms with E-state index in [1.54, 1.807) is 25.7 Å². The van der Waals surface area contributed by atoms with Gasteiger partial charge in [0.25, 0.3) is 0 Å². The highest BCUT2D eigenvalue weighted by atomic mass is 16.6. The number of nitrogens with zero attached hydrogens (tertiary/aromatic N) is 2. The lowest BCUT2D eigenvalue weighted by molar-refractivity contribution is -0.133. The summed E-state index contributed by atoms with van der Waals surface area (Å²) < 4.78 is 5.14. The zero-order chi connectivity index (χ0) is 19.2. The fraction of sp³-hybridized carbons (Fsp3) is 0.842. The van der Waals surface area contributed by atoms with Crippen molar-refractivity contribution in [3.05, 3.63) is 0 Å². The molecule has 0 radical (unpaired) electrons. The first-order valence-electron chi connectivity index (χ1n) is 9.77. The van der Waals surface area contributed by atoms with Gasteiger partial charge in [-0.15, -0.1) is 0 Å². The van der Waals surface area contributed by atoms with E-state index < -0.39 is 11.7 Å². The number of rotatable bonds is 4. The van der Waals surface area contributed by atoms with Crippen molar-refractivity contribution in [3.63, 3.8) is 0 Å². The summed E-state index contributed by atoms with van der Waals surface area (Å²) in [7, 11) is 0. The normalized spacial score (nSPS) is 19.2. The van der Waals surface area contributed by atoms with E-state index in [1.165, 1.54) is 25.7 Å². The third-order valence-corrected chi connectivity index (χ3v) is 4.92. The molecule has 0 aromatic heterocycles. The lowest BCUT2D eigenvalue weighted by Crippen LogP contribution is -2.43. The van der Waals surface area contributed by atoms with E-state index in [1.807, 2.05) is 4.90 Å². The Labute approximate surface area is 156 Å². The SMILES string of the molecule is CC(C)(C)OC(=O)NCC(=O)N1CCCN(C(=O)CC2CCCC2)CC1. The van der Waals surface area contributed by atoms with Gasteiger partial charge in [-0.3, -0.25) is 9.59 Å². The van der Waals surface area contributed by atoms with E-state index in [2.05, 4.69) is 5.32 Å². The van der Waals surface area contributed by atoms with Crippen LogP contribution in [0.15, 0.2) is 0 Å². The highest BCUT2D eigenvalue weighted by Crippen LogP contribution is 2.28. The molecule has 0 spiro atoms. The van der Waals surface area contributed by atoms with Crippen molar-refractivity contribution in [1.29, 1.82) is 0 Å². The molecule has 0 unspecified atom stereocenters. The molecule has 1 saturated heterocycles. The van der Waals surface area contributed by atoms with Crippen molar-refractivity contribution >= 4 is 17.9 Å². The number of amides is 3. The van der Waals surface area contributed by atoms with Crippen LogP contribution in [0.25, 0.3) is 0 Å². The van der Waals surface area contributed by atoms with Crippen molar-refractivity contribution in [3.8, 4) is 0 Å². The number of hydrogen-bond acceptors (Lipinski definition) is 4. The Morgan fingerprint density at radius 2 is 1.50 bits per heavy atom. The number of hydrogen-bond donors (Lipinski definition) is 1. The van der Waals surface area contributed by atoms with Crippen LogP contribution in [-0.2, 0) is 14.3 Å². The van der Waals surface area contributed by atoms with Crippen LogP contribution in [0.4, 0.5) is 4.79 Å². The van der Waals surface area contributed by atoms with Crippen LogP contribution in [0.3, 0.4) is 0 Å². The molecule has 1 aliphatic heterocycles. The number of alkyl carbamates (subject to hydrolysis) is 1. The van der Waals surface area contributed by atoms with Crippen LogP contribution in [0, 0.1) is 5.92 Å². The molecule has 148 valence electrons. The molecule has 26 heavy (non-hydrogen) atoms. The van der Waals surface area contributed by atoms with Gasteiger partial charge in [0.2, 0.25) is 11.8 Å². The van der Waals surface area contributed by atoms with E-state index in [-0.39, 0.29) is 18.4 Å². The second kappa shape index (κ2) is 9.24. The highest BCUT2D eigenvalue weighted by molar-refractivity contribution is 5.82. The van der Waals surface area contributed by atoms with E-state index in [4.69, 9.17) is 4.74 Å². The fourth-order valence-electron chi connectivity index (χ4n) is 3.58. The van der Waals surface area contributed by atoms with Crippen molar-refractivity contribution in [2.45, 2.75) is 64.9 Å². The molecule has 1 N–H and O–H groups in total. The average Bonchev–Trinajstić information content (AvgIpc) is 2.92. The first-order valence-corrected chi connectivity index (χ1v) is 9.77. The quantitative estimate of drug-likeness (QED) is 0.826. The molecule has 7 heteroatoms. The van der Waals surface area contributed by atoms with Gasteiger partial charge in [-0.25, -0.2) is 4.79 Å². The summed E-state index contributed by atoms with van der Waals surface area (Å²) in [6, 6.07) is 0. The largest absolute Gasteiger partial charge is 0.444 e. The average molecular weight is 367 g/mol. The molecule has 7 nitrogen and oxygen atoms in total. The fourth-order valence-corrected chi connectivity index (χ4v) is 3.58. The summed E-state index contributed by atoms with van der Waals surface area (Å²) in [5.74, 6) is 0.626. The highest BCUT2D eigenvalue weighted by Gasteiger charge is 2.25. The monoisotopic (exact) mass is 367 g/mol. The third-order valence-electron chi connectivity index (χ3n) is 4.92. The standard InChI is InChI=1S/C19H33N3O4/c1-19(2,3)26-18(25)20-14-17(24)22-10-6-9-21(11-12-22)16(23)13-15-7-4-5-8-15/h15H,4-14H2,1-3H3,(H,20,25). The molecule has 0 bridgehead atoms. The first kappa shape index (κ1) is 20.5. The van der Waals surface area contributed by atoms with Gasteiger partial charge >= 0.3 is 6.09 Å². The maximum absolute atomic E-state index is 12.5. The van der Waals surface area contributed by atoms with Crippen molar-refractivity contribution < 1.29 is 19.1 Å². The van der Waals surface area contributed by atoms with Gasteiger partial charge in [0.15, 0.2) is 0 Å². The van der Waals surface area contributed by atoms with Gasteiger partial charge in [-0.05, 0) is 46.0 Å². The minimum atomic E-state index is -0.589. The van der Waals surface area contributed by atoms with Gasteiger partial charge in [0.1, 0.15) is 12.1 Å². The number of carbonyl (C=O) groups excluding carboxylic acids is 3. The van der Waals surface area contributed by atoms with Crippen LogP contribution >= 0.6 is 0 Å². The minimum Gasteiger partial charge on any atom is -0.444 e. The van der Waals surface area contributed by atoms with E-state index in [9.17, 15) is 14.4 Å². The van der Waals surface area contributed by atoms with Crippen molar-refractivity contribution in [1.82, 2.24) is 15.1 Å². The summed E-state index contributed by atoms with van der Waals surface area (Å²) >= 11 is 0. The number of carbonyl (C=O) groups is 3. The van der Waals surface area contributed by atoms with Gasteiger partial charge in [0.05, 0.1) is 0 Å². The van der Waals surface area contributed by atoms with Gasteiger partial charge < -0.3 is 19.9 Å². The van der Waals surface area contributed by atoms with Gasteiger partial charge in [-0.1, -0.05) is 12.8 Å². The topological polar surface area (TPSA) is 79.0 Å². The predicted octanol–water partition coefficient (Wildman–Crippen LogP) is 2.15. The molecular weight excluding hydrogens is 334 g/mol. The van der Waals surface area contributed by atoms with Crippen LogP contribution in [0.5, 0.6) is 0 Å². The molecule has 3 amide bonds. The lowest BCUT2D eigenvalue weighted by atomic mass is 10.0. The van der Waals surface area contributed by atoms with E-state index in [0.29, 0.717) is 38.5 Å². The predicted molar refractivity (Wildman–Crippen MR) is 98.6 cm³/mol. The van der Waals surface area contributed by atoms with Crippen LogP contribution in [0.1, 0.15) is 59.3 Å². The molecule has 0 atom stereocenters. The Morgan fingerprint density at radius 1 is 0.923 bits per heavy atom. The Balaban J connectivity index is 1.73. The Bertz CT molecular complexity index is 509. The number of nitrogens with one attached hydrogen (secondary N) is 1. The van der Waals surface area contributed by atoms with Crippen LogP contribution < -0.4 is 5.32 Å². The molecule has 2 aliphatic rings. The maximum Gasteiger partial charge on any atom is 0.408 e. The molecule has 2 rings (SSSR count). The van der Waals surface area contributed by atoms with Crippen molar-refractivity contribution in [2.24, 2.45) is 5.92 Å². The Morgan fingerprint density at radius 3 is 2.08 bits per heavy atom. The molecular formula is C19H33N3O4. The summed E-state index contributed by atoms with van der Waals surface area (Å²) in [5.41, 5.74) is -0.587. The summed E-state index contributed by atoms with van der Waals surface area (Å²) in [6.07, 6.45) is 5.65. The van der Waals surface area contributed by atoms with E-state index in [0.717, 1.165) is 6.42 Å². The third kappa shape index (κ3) is 6.84. The molecule has 1 saturated carbocycles. The second-order valence-electron chi connectivity index (χ2n) is 8.33. The molecule has 0 aromatic carbocycles. The summed E-state index contributed by atoms with van der Waals surface area (Å²) in [6.45, 7) is 7.66. The van der Waals surface area contributed by atoms with Crippen LogP contribution in [-0.4, -0.2) is 66.0 Å². The first-order chi connectivity index (χ1) is 12.2. The van der Waals surface area contributed by atoms with E-state index >= 15 is 0 Å². The van der Waals surface area contributed by atoms with Crippen LogP contribution in [0.2, 0.25) is 0 Å². The Hall–Kier alpha value is -1.79. The number of ether oxygens (including phenoxy) is 1. The van der Waals surface area contributed by atoms with Crippen molar-refractivity contribution in [2.75, 3.05) is 32.7 Å². The van der Waals surface area contributed by atoms with Gasteiger partial charge in [-0.2, -0.15) is 0 Å². The molecule has 1 heterocycles. The second-order valence-corrected chi connectivity index (χ2v) is 8.33. The zero-order valence-corrected chi connectivity index (χ0v) is 16.4. The zero-order valence-electron chi connectivity index (χ0n) is 16.4. The minimum absolute atomic E-state index is 0.0784. The lowest BCUT2D eigenvalue weighted by Gasteiger charge is -2.24. The summed E-state index contributed by atoms with van der Waals surface area (Å²) in [5, 5.41) is 2.51. The molecule has 0 aromatic rings. The maximum atomic E-state index is 12.5. The molecule has 2 fully saturated rings.